The van der Waals surface area contributed by atoms with Gasteiger partial charge in [0.2, 0.25) is 0 Å². The molecule has 19 heavy (non-hydrogen) atoms. The number of fused-ring (bicyclic) bond motifs is 1. The molecule has 0 fully saturated rings. The van der Waals surface area contributed by atoms with Crippen LogP contribution in [0.1, 0.15) is 5.69 Å². The van der Waals surface area contributed by atoms with Crippen LogP contribution in [-0.4, -0.2) is 60.9 Å². The summed E-state index contributed by atoms with van der Waals surface area (Å²) in [6, 6.07) is 0. The molecule has 0 radical (unpaired) electrons. The third-order valence-electron chi connectivity index (χ3n) is 3.24. The molecule has 108 valence electrons. The summed E-state index contributed by atoms with van der Waals surface area (Å²) in [6.45, 7) is 2.05. The molecule has 1 aromatic heterocycles. The van der Waals surface area contributed by atoms with Crippen LogP contribution in [0.5, 0.6) is 0 Å². The Morgan fingerprint density at radius 2 is 2.21 bits per heavy atom. The fourth-order valence-electron chi connectivity index (χ4n) is 2.26. The first-order chi connectivity index (χ1) is 8.95. The third kappa shape index (κ3) is 2.97. The highest BCUT2D eigenvalue weighted by atomic mass is 32.2. The Morgan fingerprint density at radius 1 is 1.47 bits per heavy atom. The molecule has 0 unspecified atom stereocenters. The van der Waals surface area contributed by atoms with Gasteiger partial charge < -0.3 is 9.30 Å². The number of ether oxygens (including phenoxy) is 1. The van der Waals surface area contributed by atoms with Crippen LogP contribution >= 0.6 is 0 Å². The zero-order valence-corrected chi connectivity index (χ0v) is 12.3. The van der Waals surface area contributed by atoms with Crippen molar-refractivity contribution in [3.05, 3.63) is 18.2 Å². The molecule has 0 aliphatic carbocycles. The molecule has 0 amide bonds. The standard InChI is InChI=1S/C11H20N4O3S/c1-13(2)19(16,17)15-6-10(8-18-3)5-14-9-12-4-11(14)7-15/h4,9-10H,5-8H2,1-3H3/t10-/m1/s1. The zero-order chi connectivity index (χ0) is 14.0. The number of methoxy groups -OCH3 is 1. The van der Waals surface area contributed by atoms with Crippen LogP contribution in [0.3, 0.4) is 0 Å². The maximum absolute atomic E-state index is 12.3. The van der Waals surface area contributed by atoms with Gasteiger partial charge >= 0.3 is 0 Å². The normalized spacial score (nSPS) is 21.4. The van der Waals surface area contributed by atoms with E-state index in [-0.39, 0.29) is 5.92 Å². The van der Waals surface area contributed by atoms with Crippen molar-refractivity contribution >= 4 is 10.2 Å². The van der Waals surface area contributed by atoms with E-state index < -0.39 is 10.2 Å². The average Bonchev–Trinajstić information content (AvgIpc) is 2.68. The highest BCUT2D eigenvalue weighted by Gasteiger charge is 2.31. The van der Waals surface area contributed by atoms with E-state index in [1.165, 1.54) is 8.61 Å². The molecule has 0 aromatic carbocycles. The van der Waals surface area contributed by atoms with E-state index in [1.54, 1.807) is 33.7 Å². The molecule has 1 aromatic rings. The van der Waals surface area contributed by atoms with Gasteiger partial charge in [0.15, 0.2) is 0 Å². The van der Waals surface area contributed by atoms with Gasteiger partial charge in [-0.3, -0.25) is 0 Å². The van der Waals surface area contributed by atoms with Gasteiger partial charge in [-0.05, 0) is 0 Å². The summed E-state index contributed by atoms with van der Waals surface area (Å²) in [6.07, 6.45) is 3.46. The largest absolute Gasteiger partial charge is 0.384 e. The molecule has 2 heterocycles. The van der Waals surface area contributed by atoms with Crippen molar-refractivity contribution < 1.29 is 13.2 Å². The molecule has 2 rings (SSSR count). The summed E-state index contributed by atoms with van der Waals surface area (Å²) < 4.78 is 34.5. The van der Waals surface area contributed by atoms with Gasteiger partial charge in [-0.2, -0.15) is 17.0 Å². The minimum Gasteiger partial charge on any atom is -0.384 e. The van der Waals surface area contributed by atoms with Crippen LogP contribution in [0, 0.1) is 5.92 Å². The van der Waals surface area contributed by atoms with Crippen molar-refractivity contribution in [1.29, 1.82) is 0 Å². The molecular weight excluding hydrogens is 268 g/mol. The second-order valence-electron chi connectivity index (χ2n) is 4.94. The van der Waals surface area contributed by atoms with Crippen LogP contribution in [0.2, 0.25) is 0 Å². The van der Waals surface area contributed by atoms with E-state index in [4.69, 9.17) is 4.74 Å². The number of hydrogen-bond acceptors (Lipinski definition) is 4. The minimum absolute atomic E-state index is 0.121. The Hall–Kier alpha value is -0.960. The lowest BCUT2D eigenvalue weighted by atomic mass is 10.1. The van der Waals surface area contributed by atoms with E-state index in [2.05, 4.69) is 4.98 Å². The summed E-state index contributed by atoms with van der Waals surface area (Å²) >= 11 is 0. The lowest BCUT2D eigenvalue weighted by Crippen LogP contribution is -2.42. The molecule has 0 spiro atoms. The van der Waals surface area contributed by atoms with Gasteiger partial charge in [-0.15, -0.1) is 0 Å². The molecular formula is C11H20N4O3S. The number of aromatic nitrogens is 2. The summed E-state index contributed by atoms with van der Waals surface area (Å²) in [5.74, 6) is 0.121. The Bertz CT molecular complexity index is 526. The quantitative estimate of drug-likeness (QED) is 0.767. The second kappa shape index (κ2) is 5.58. The smallest absolute Gasteiger partial charge is 0.281 e. The Morgan fingerprint density at radius 3 is 2.84 bits per heavy atom. The van der Waals surface area contributed by atoms with Crippen LogP contribution < -0.4 is 0 Å². The Labute approximate surface area is 114 Å². The second-order valence-corrected chi connectivity index (χ2v) is 7.08. The molecule has 0 bridgehead atoms. The van der Waals surface area contributed by atoms with Crippen molar-refractivity contribution in [3.63, 3.8) is 0 Å². The van der Waals surface area contributed by atoms with E-state index in [0.29, 0.717) is 19.7 Å². The molecule has 1 aliphatic heterocycles. The van der Waals surface area contributed by atoms with Gasteiger partial charge in [0.25, 0.3) is 10.2 Å². The van der Waals surface area contributed by atoms with E-state index in [0.717, 1.165) is 12.2 Å². The van der Waals surface area contributed by atoms with Crippen LogP contribution in [-0.2, 0) is 28.0 Å². The molecule has 1 atom stereocenters. The molecule has 7 nitrogen and oxygen atoms in total. The first-order valence-electron chi connectivity index (χ1n) is 6.10. The van der Waals surface area contributed by atoms with E-state index in [1.807, 2.05) is 4.57 Å². The van der Waals surface area contributed by atoms with Crippen molar-refractivity contribution in [1.82, 2.24) is 18.2 Å². The first kappa shape index (κ1) is 14.4. The van der Waals surface area contributed by atoms with Gasteiger partial charge in [-0.25, -0.2) is 4.98 Å². The number of nitrogens with zero attached hydrogens (tertiary/aromatic N) is 4. The summed E-state index contributed by atoms with van der Waals surface area (Å²) in [5.41, 5.74) is 0.907. The molecule has 0 saturated heterocycles. The van der Waals surface area contributed by atoms with E-state index in [9.17, 15) is 8.42 Å². The summed E-state index contributed by atoms with van der Waals surface area (Å²) in [4.78, 5) is 4.09. The van der Waals surface area contributed by atoms with E-state index >= 15 is 0 Å². The van der Waals surface area contributed by atoms with Crippen molar-refractivity contribution in [2.24, 2.45) is 5.92 Å². The lowest BCUT2D eigenvalue weighted by Gasteiger charge is -2.26. The average molecular weight is 288 g/mol. The van der Waals surface area contributed by atoms with Crippen LogP contribution in [0.25, 0.3) is 0 Å². The van der Waals surface area contributed by atoms with Crippen LogP contribution in [0.15, 0.2) is 12.5 Å². The summed E-state index contributed by atoms with van der Waals surface area (Å²) in [7, 11) is 1.29. The predicted octanol–water partition coefficient (Wildman–Crippen LogP) is -0.232. The topological polar surface area (TPSA) is 67.7 Å². The Balaban J connectivity index is 2.30. The van der Waals surface area contributed by atoms with Crippen molar-refractivity contribution in [2.75, 3.05) is 34.4 Å². The molecule has 8 heteroatoms. The highest BCUT2D eigenvalue weighted by molar-refractivity contribution is 7.86. The van der Waals surface area contributed by atoms with Gasteiger partial charge in [-0.1, -0.05) is 0 Å². The molecule has 0 saturated carbocycles. The SMILES string of the molecule is COC[C@H]1CN(S(=O)(=O)N(C)C)Cc2cncn2C1. The van der Waals surface area contributed by atoms with Gasteiger partial charge in [0.1, 0.15) is 0 Å². The predicted molar refractivity (Wildman–Crippen MR) is 70.6 cm³/mol. The molecule has 1 aliphatic rings. The molecule has 0 N–H and O–H groups in total. The van der Waals surface area contributed by atoms with Crippen LogP contribution in [0.4, 0.5) is 0 Å². The van der Waals surface area contributed by atoms with Crippen molar-refractivity contribution in [2.45, 2.75) is 13.1 Å². The van der Waals surface area contributed by atoms with Gasteiger partial charge in [0.05, 0.1) is 25.2 Å². The number of rotatable bonds is 4. The third-order valence-corrected chi connectivity index (χ3v) is 5.10. The maximum atomic E-state index is 12.3. The number of imidazole rings is 1. The minimum atomic E-state index is -3.43. The fourth-order valence-corrected chi connectivity index (χ4v) is 3.42. The summed E-state index contributed by atoms with van der Waals surface area (Å²) in [5, 5.41) is 0. The highest BCUT2D eigenvalue weighted by Crippen LogP contribution is 2.20. The monoisotopic (exact) mass is 288 g/mol. The number of hydrogen-bond donors (Lipinski definition) is 0. The van der Waals surface area contributed by atoms with Gasteiger partial charge in [0, 0.05) is 46.4 Å². The van der Waals surface area contributed by atoms with Crippen molar-refractivity contribution in [3.8, 4) is 0 Å². The first-order valence-corrected chi connectivity index (χ1v) is 7.50. The zero-order valence-electron chi connectivity index (χ0n) is 11.5. The Kier molecular flexibility index (Phi) is 4.24. The lowest BCUT2D eigenvalue weighted by molar-refractivity contribution is 0.134. The fraction of sp³-hybridized carbons (Fsp3) is 0.727. The maximum Gasteiger partial charge on any atom is 0.281 e.